The van der Waals surface area contributed by atoms with Crippen molar-refractivity contribution in [2.24, 2.45) is 0 Å². The highest BCUT2D eigenvalue weighted by atomic mass is 19.1. The van der Waals surface area contributed by atoms with Gasteiger partial charge in [-0.15, -0.1) is 0 Å². The third-order valence-corrected chi connectivity index (χ3v) is 4.97. The fourth-order valence-electron chi connectivity index (χ4n) is 3.42. The average Bonchev–Trinajstić information content (AvgIpc) is 3.27. The number of nitrogens with zero attached hydrogens (tertiary/aromatic N) is 2. The van der Waals surface area contributed by atoms with Gasteiger partial charge < -0.3 is 14.8 Å². The molecule has 3 aromatic carbocycles. The second-order valence-corrected chi connectivity index (χ2v) is 6.95. The molecule has 0 saturated heterocycles. The molecule has 1 aromatic heterocycles. The quantitative estimate of drug-likeness (QED) is 0.552. The summed E-state index contributed by atoms with van der Waals surface area (Å²) in [4.78, 5) is 25.8. The van der Waals surface area contributed by atoms with Gasteiger partial charge in [-0.2, -0.15) is 5.10 Å². The largest absolute Gasteiger partial charge is 0.454 e. The van der Waals surface area contributed by atoms with Crippen LogP contribution in [0.3, 0.4) is 0 Å². The van der Waals surface area contributed by atoms with Crippen LogP contribution in [0.15, 0.2) is 71.5 Å². The van der Waals surface area contributed by atoms with Gasteiger partial charge >= 0.3 is 0 Å². The number of rotatable bonds is 4. The number of amides is 1. The van der Waals surface area contributed by atoms with Crippen LogP contribution in [-0.2, 0) is 6.54 Å². The summed E-state index contributed by atoms with van der Waals surface area (Å²) < 4.78 is 25.5. The Morgan fingerprint density at radius 2 is 1.81 bits per heavy atom. The lowest BCUT2D eigenvalue weighted by molar-refractivity contribution is 0.0943. The highest BCUT2D eigenvalue weighted by molar-refractivity contribution is 5.95. The van der Waals surface area contributed by atoms with E-state index in [2.05, 4.69) is 10.4 Å². The molecule has 1 N–H and O–H groups in total. The molecular weight excluding hydrogens is 401 g/mol. The molecule has 1 aliphatic heterocycles. The number of nitrogens with one attached hydrogen (secondary N) is 1. The topological polar surface area (TPSA) is 82.4 Å². The summed E-state index contributed by atoms with van der Waals surface area (Å²) in [5.41, 5.74) is 1.12. The lowest BCUT2D eigenvalue weighted by Crippen LogP contribution is -2.31. The minimum Gasteiger partial charge on any atom is -0.454 e. The number of benzene rings is 3. The first-order valence-corrected chi connectivity index (χ1v) is 9.55. The van der Waals surface area contributed by atoms with Crippen LogP contribution in [0.1, 0.15) is 16.1 Å². The van der Waals surface area contributed by atoms with Crippen LogP contribution in [0.2, 0.25) is 0 Å². The zero-order valence-electron chi connectivity index (χ0n) is 16.2. The van der Waals surface area contributed by atoms with E-state index in [-0.39, 0.29) is 19.0 Å². The molecule has 0 radical (unpaired) electrons. The molecule has 0 fully saturated rings. The highest BCUT2D eigenvalue weighted by Crippen LogP contribution is 2.32. The van der Waals surface area contributed by atoms with Crippen molar-refractivity contribution in [1.82, 2.24) is 15.1 Å². The molecule has 154 valence electrons. The van der Waals surface area contributed by atoms with E-state index in [1.54, 1.807) is 42.5 Å². The molecule has 0 saturated carbocycles. The molecule has 0 atom stereocenters. The molecule has 1 aliphatic rings. The first-order chi connectivity index (χ1) is 15.1. The summed E-state index contributed by atoms with van der Waals surface area (Å²) in [6.45, 7) is 0.342. The van der Waals surface area contributed by atoms with Crippen molar-refractivity contribution in [2.45, 2.75) is 6.54 Å². The molecule has 0 spiro atoms. The van der Waals surface area contributed by atoms with Crippen molar-refractivity contribution in [3.05, 3.63) is 94.0 Å². The molecule has 31 heavy (non-hydrogen) atoms. The highest BCUT2D eigenvalue weighted by Gasteiger charge is 2.19. The number of aromatic nitrogens is 2. The van der Waals surface area contributed by atoms with Crippen molar-refractivity contribution in [3.63, 3.8) is 0 Å². The number of ether oxygens (including phenoxy) is 2. The Labute approximate surface area is 175 Å². The fourth-order valence-corrected chi connectivity index (χ4v) is 3.42. The van der Waals surface area contributed by atoms with E-state index in [9.17, 15) is 14.0 Å². The van der Waals surface area contributed by atoms with E-state index in [1.165, 1.54) is 28.9 Å². The predicted molar refractivity (Wildman–Crippen MR) is 111 cm³/mol. The van der Waals surface area contributed by atoms with Gasteiger partial charge in [0.25, 0.3) is 5.91 Å². The van der Waals surface area contributed by atoms with Crippen molar-refractivity contribution in [3.8, 4) is 17.2 Å². The van der Waals surface area contributed by atoms with Gasteiger partial charge in [-0.3, -0.25) is 9.59 Å². The van der Waals surface area contributed by atoms with Crippen LogP contribution >= 0.6 is 0 Å². The minimum atomic E-state index is -0.607. The van der Waals surface area contributed by atoms with E-state index in [4.69, 9.17) is 9.47 Å². The average molecular weight is 417 g/mol. The molecule has 0 unspecified atom stereocenters. The van der Waals surface area contributed by atoms with E-state index < -0.39 is 17.2 Å². The van der Waals surface area contributed by atoms with Crippen LogP contribution < -0.4 is 20.2 Å². The Bertz CT molecular complexity index is 1370. The summed E-state index contributed by atoms with van der Waals surface area (Å²) in [5.74, 6) is 0.253. The molecule has 0 bridgehead atoms. The minimum absolute atomic E-state index is 0.162. The van der Waals surface area contributed by atoms with Crippen LogP contribution in [0, 0.1) is 5.82 Å². The van der Waals surface area contributed by atoms with E-state index >= 15 is 0 Å². The zero-order valence-corrected chi connectivity index (χ0v) is 16.2. The predicted octanol–water partition coefficient (Wildman–Crippen LogP) is 3.18. The second kappa shape index (κ2) is 7.56. The maximum atomic E-state index is 13.4. The Kier molecular flexibility index (Phi) is 4.59. The fraction of sp³-hybridized carbons (Fsp3) is 0.0870. The molecule has 4 aromatic rings. The van der Waals surface area contributed by atoms with E-state index in [0.29, 0.717) is 28.1 Å². The second-order valence-electron chi connectivity index (χ2n) is 6.95. The SMILES string of the molecule is O=C(NCc1ccc2c(c1)OCO2)c1nn(-c2ccc(F)cc2)c2ccccc2c1=O. The molecule has 2 heterocycles. The summed E-state index contributed by atoms with van der Waals surface area (Å²) in [7, 11) is 0. The Balaban J connectivity index is 1.50. The normalized spacial score (nSPS) is 12.2. The van der Waals surface area contributed by atoms with E-state index in [1.807, 2.05) is 0 Å². The van der Waals surface area contributed by atoms with Crippen molar-refractivity contribution < 1.29 is 18.7 Å². The number of fused-ring (bicyclic) bond motifs is 2. The molecular formula is C23H16FN3O4. The van der Waals surface area contributed by atoms with Crippen LogP contribution in [0.4, 0.5) is 4.39 Å². The van der Waals surface area contributed by atoms with Gasteiger partial charge in [-0.25, -0.2) is 9.07 Å². The number of hydrogen-bond acceptors (Lipinski definition) is 5. The van der Waals surface area contributed by atoms with Gasteiger partial charge in [-0.1, -0.05) is 18.2 Å². The molecule has 0 aliphatic carbocycles. The van der Waals surface area contributed by atoms with Crippen molar-refractivity contribution in [2.75, 3.05) is 6.79 Å². The van der Waals surface area contributed by atoms with E-state index in [0.717, 1.165) is 5.56 Å². The summed E-state index contributed by atoms with van der Waals surface area (Å²) in [5, 5.41) is 7.37. The van der Waals surface area contributed by atoms with Gasteiger partial charge in [0.15, 0.2) is 17.2 Å². The van der Waals surface area contributed by atoms with Crippen LogP contribution in [-0.4, -0.2) is 22.5 Å². The number of carbonyl (C=O) groups is 1. The van der Waals surface area contributed by atoms with Gasteiger partial charge in [0.2, 0.25) is 12.2 Å². The lowest BCUT2D eigenvalue weighted by atomic mass is 10.1. The first kappa shape index (κ1) is 18.8. The Morgan fingerprint density at radius 3 is 2.65 bits per heavy atom. The molecule has 7 nitrogen and oxygen atoms in total. The standard InChI is InChI=1S/C23H16FN3O4/c24-15-6-8-16(9-7-15)27-18-4-2-1-3-17(18)22(28)21(26-27)23(29)25-12-14-5-10-19-20(11-14)31-13-30-19/h1-11H,12-13H2,(H,25,29). The third-order valence-electron chi connectivity index (χ3n) is 4.97. The Hall–Kier alpha value is -4.20. The number of para-hydroxylation sites is 1. The number of halogens is 1. The Morgan fingerprint density at radius 1 is 1.03 bits per heavy atom. The number of hydrogen-bond donors (Lipinski definition) is 1. The van der Waals surface area contributed by atoms with Crippen LogP contribution in [0.5, 0.6) is 11.5 Å². The zero-order chi connectivity index (χ0) is 21.4. The maximum absolute atomic E-state index is 13.4. The number of carbonyl (C=O) groups excluding carboxylic acids is 1. The van der Waals surface area contributed by atoms with Crippen molar-refractivity contribution >= 4 is 16.8 Å². The lowest BCUT2D eigenvalue weighted by Gasteiger charge is -2.12. The summed E-state index contributed by atoms with van der Waals surface area (Å²) in [6, 6.07) is 17.8. The molecule has 8 heteroatoms. The first-order valence-electron chi connectivity index (χ1n) is 9.55. The molecule has 1 amide bonds. The smallest absolute Gasteiger partial charge is 0.276 e. The van der Waals surface area contributed by atoms with Gasteiger partial charge in [0.1, 0.15) is 5.82 Å². The monoisotopic (exact) mass is 417 g/mol. The van der Waals surface area contributed by atoms with Crippen LogP contribution in [0.25, 0.3) is 16.6 Å². The summed E-state index contributed by atoms with van der Waals surface area (Å²) >= 11 is 0. The third kappa shape index (κ3) is 3.48. The van der Waals surface area contributed by atoms with Gasteiger partial charge in [0.05, 0.1) is 16.6 Å². The molecule has 5 rings (SSSR count). The van der Waals surface area contributed by atoms with Gasteiger partial charge in [-0.05, 0) is 54.1 Å². The van der Waals surface area contributed by atoms with Gasteiger partial charge in [0, 0.05) is 6.54 Å². The maximum Gasteiger partial charge on any atom is 0.276 e. The van der Waals surface area contributed by atoms with Crippen molar-refractivity contribution in [1.29, 1.82) is 0 Å². The summed E-state index contributed by atoms with van der Waals surface area (Å²) in [6.07, 6.45) is 0.